The monoisotopic (exact) mass is 556 g/mol. The molecule has 2 aromatic carbocycles. The Morgan fingerprint density at radius 3 is 2.76 bits per heavy atom. The number of hydrogen-bond donors (Lipinski definition) is 2. The fourth-order valence-corrected chi connectivity index (χ4v) is 5.25. The van der Waals surface area contributed by atoms with E-state index in [2.05, 4.69) is 26.7 Å². The Hall–Kier alpha value is -2.95. The van der Waals surface area contributed by atoms with Gasteiger partial charge >= 0.3 is 0 Å². The quantitative estimate of drug-likeness (QED) is 0.337. The number of piperazine rings is 1. The summed E-state index contributed by atoms with van der Waals surface area (Å²) in [6.45, 7) is 9.56. The summed E-state index contributed by atoms with van der Waals surface area (Å²) >= 11 is 7.76. The van der Waals surface area contributed by atoms with Gasteiger partial charge in [-0.3, -0.25) is 14.6 Å². The van der Waals surface area contributed by atoms with Gasteiger partial charge in [-0.25, -0.2) is 4.98 Å². The van der Waals surface area contributed by atoms with Crippen LogP contribution >= 0.6 is 22.9 Å². The normalized spacial score (nSPS) is 15.6. The van der Waals surface area contributed by atoms with Gasteiger partial charge in [-0.15, -0.1) is 11.3 Å². The van der Waals surface area contributed by atoms with Gasteiger partial charge in [-0.2, -0.15) is 0 Å². The molecule has 1 unspecified atom stereocenters. The minimum atomic E-state index is -0.623. The van der Waals surface area contributed by atoms with Crippen molar-refractivity contribution in [2.24, 2.45) is 0 Å². The zero-order valence-corrected chi connectivity index (χ0v) is 23.2. The summed E-state index contributed by atoms with van der Waals surface area (Å²) in [4.78, 5) is 21.5. The molecule has 2 heterocycles. The van der Waals surface area contributed by atoms with E-state index in [9.17, 15) is 9.90 Å². The zero-order chi connectivity index (χ0) is 27.1. The summed E-state index contributed by atoms with van der Waals surface area (Å²) in [6.07, 6.45) is 4.88. The van der Waals surface area contributed by atoms with Crippen LogP contribution in [0.1, 0.15) is 10.6 Å². The first-order valence-electron chi connectivity index (χ1n) is 12.4. The number of methoxy groups -OCH3 is 1. The average Bonchev–Trinajstić information content (AvgIpc) is 3.31. The molecule has 0 radical (unpaired) electrons. The van der Waals surface area contributed by atoms with Crippen molar-refractivity contribution in [1.29, 1.82) is 0 Å². The highest BCUT2D eigenvalue weighted by atomic mass is 35.5. The number of benzene rings is 2. The summed E-state index contributed by atoms with van der Waals surface area (Å²) < 4.78 is 12.3. The summed E-state index contributed by atoms with van der Waals surface area (Å²) in [7, 11) is 1.55. The number of nitrogens with one attached hydrogen (secondary N) is 1. The molecule has 1 atom stereocenters. The van der Waals surface area contributed by atoms with E-state index in [1.165, 1.54) is 0 Å². The Morgan fingerprint density at radius 1 is 1.26 bits per heavy atom. The van der Waals surface area contributed by atoms with Gasteiger partial charge in [-0.05, 0) is 36.8 Å². The molecule has 1 amide bonds. The van der Waals surface area contributed by atoms with E-state index in [1.807, 2.05) is 43.3 Å². The number of carbonyl (C=O) groups is 1. The summed E-state index contributed by atoms with van der Waals surface area (Å²) in [5.74, 6) is 1.11. The summed E-state index contributed by atoms with van der Waals surface area (Å²) in [6, 6.07) is 9.30. The molecule has 1 aliphatic heterocycles. The Labute approximate surface area is 232 Å². The Kier molecular flexibility index (Phi) is 9.76. The van der Waals surface area contributed by atoms with Crippen LogP contribution in [0.2, 0.25) is 5.02 Å². The van der Waals surface area contributed by atoms with Crippen LogP contribution in [0, 0.1) is 6.92 Å². The van der Waals surface area contributed by atoms with Crippen molar-refractivity contribution >= 4 is 50.8 Å². The van der Waals surface area contributed by atoms with Crippen molar-refractivity contribution < 1.29 is 19.4 Å². The van der Waals surface area contributed by atoms with Crippen molar-refractivity contribution in [2.75, 3.05) is 58.3 Å². The van der Waals surface area contributed by atoms with E-state index in [0.29, 0.717) is 28.8 Å². The highest BCUT2D eigenvalue weighted by Crippen LogP contribution is 2.31. The average molecular weight is 557 g/mol. The number of rotatable bonds is 11. The van der Waals surface area contributed by atoms with Crippen molar-refractivity contribution in [1.82, 2.24) is 14.8 Å². The SMILES string of the molecule is C=CC=Cc1nc2cc(OCC(O)CN3CCN(CC(=O)Nc4cc(C)c(Cl)cc4OC)CC3)ccc2s1. The fourth-order valence-electron chi connectivity index (χ4n) is 4.23. The summed E-state index contributed by atoms with van der Waals surface area (Å²) in [5.41, 5.74) is 2.35. The number of anilines is 1. The number of allylic oxidation sites excluding steroid dienone is 2. The van der Waals surface area contributed by atoms with E-state index < -0.39 is 6.10 Å². The van der Waals surface area contributed by atoms with Gasteiger partial charge in [0, 0.05) is 49.9 Å². The molecular weight excluding hydrogens is 524 g/mol. The number of aliphatic hydroxyl groups excluding tert-OH is 1. The van der Waals surface area contributed by atoms with Gasteiger partial charge in [-0.1, -0.05) is 30.3 Å². The van der Waals surface area contributed by atoms with Crippen molar-refractivity contribution in [3.8, 4) is 11.5 Å². The molecule has 3 aromatic rings. The fraction of sp³-hybridized carbons (Fsp3) is 0.357. The Morgan fingerprint density at radius 2 is 2.03 bits per heavy atom. The van der Waals surface area contributed by atoms with Gasteiger partial charge < -0.3 is 19.9 Å². The lowest BCUT2D eigenvalue weighted by Gasteiger charge is -2.35. The smallest absolute Gasteiger partial charge is 0.238 e. The van der Waals surface area contributed by atoms with Gasteiger partial charge in [0.05, 0.1) is 29.6 Å². The summed E-state index contributed by atoms with van der Waals surface area (Å²) in [5, 5.41) is 15.0. The van der Waals surface area contributed by atoms with Gasteiger partial charge in [0.25, 0.3) is 0 Å². The molecule has 1 saturated heterocycles. The molecule has 4 rings (SSSR count). The number of fused-ring (bicyclic) bond motifs is 1. The molecule has 10 heteroatoms. The molecule has 0 spiro atoms. The molecule has 1 fully saturated rings. The number of ether oxygens (including phenoxy) is 2. The molecule has 0 saturated carbocycles. The highest BCUT2D eigenvalue weighted by Gasteiger charge is 2.22. The topological polar surface area (TPSA) is 87.2 Å². The molecule has 0 aliphatic carbocycles. The maximum absolute atomic E-state index is 12.6. The number of β-amino-alcohol motifs (C(OH)–C–C–N with tert-alkyl or cyclic N) is 1. The molecule has 202 valence electrons. The van der Waals surface area contributed by atoms with Crippen LogP contribution in [0.5, 0.6) is 11.5 Å². The van der Waals surface area contributed by atoms with Crippen LogP contribution in [0.4, 0.5) is 5.69 Å². The van der Waals surface area contributed by atoms with Crippen molar-refractivity contribution in [2.45, 2.75) is 13.0 Å². The third-order valence-electron chi connectivity index (χ3n) is 6.25. The van der Waals surface area contributed by atoms with E-state index in [-0.39, 0.29) is 19.1 Å². The number of amides is 1. The van der Waals surface area contributed by atoms with E-state index >= 15 is 0 Å². The predicted molar refractivity (Wildman–Crippen MR) is 155 cm³/mol. The van der Waals surface area contributed by atoms with Crippen LogP contribution in [-0.2, 0) is 4.79 Å². The van der Waals surface area contributed by atoms with Crippen LogP contribution < -0.4 is 14.8 Å². The molecule has 1 aromatic heterocycles. The van der Waals surface area contributed by atoms with Gasteiger partial charge in [0.15, 0.2) is 0 Å². The van der Waals surface area contributed by atoms with E-state index in [4.69, 9.17) is 21.1 Å². The van der Waals surface area contributed by atoms with Gasteiger partial charge in [0.2, 0.25) is 5.91 Å². The maximum atomic E-state index is 12.6. The van der Waals surface area contributed by atoms with Gasteiger partial charge in [0.1, 0.15) is 29.2 Å². The van der Waals surface area contributed by atoms with Crippen LogP contribution in [0.3, 0.4) is 0 Å². The first kappa shape index (κ1) is 28.1. The highest BCUT2D eigenvalue weighted by molar-refractivity contribution is 7.19. The number of aryl methyl sites for hydroxylation is 1. The third-order valence-corrected chi connectivity index (χ3v) is 7.66. The second-order valence-corrected chi connectivity index (χ2v) is 10.6. The molecule has 8 nitrogen and oxygen atoms in total. The van der Waals surface area contributed by atoms with Crippen molar-refractivity contribution in [3.05, 3.63) is 64.7 Å². The van der Waals surface area contributed by atoms with Crippen LogP contribution in [-0.4, -0.2) is 84.9 Å². The molecular formula is C28H33ClN4O4S. The lowest BCUT2D eigenvalue weighted by atomic mass is 10.2. The number of carbonyl (C=O) groups excluding carboxylic acids is 1. The number of halogens is 1. The third kappa shape index (κ3) is 7.55. The molecule has 38 heavy (non-hydrogen) atoms. The number of hydrogen-bond acceptors (Lipinski definition) is 8. The standard InChI is InChI=1S/C28H33ClN4O4S/c1-4-5-6-28-31-24-14-21(7-8-26(24)38-28)37-18-20(34)16-32-9-11-33(12-10-32)17-27(35)30-23-13-19(2)22(29)15-25(23)36-3/h4-8,13-15,20,34H,1,9-12,16-18H2,2-3H3,(H,30,35). The molecule has 1 aliphatic rings. The predicted octanol–water partition coefficient (Wildman–Crippen LogP) is 4.46. The lowest BCUT2D eigenvalue weighted by Crippen LogP contribution is -2.50. The largest absolute Gasteiger partial charge is 0.495 e. The maximum Gasteiger partial charge on any atom is 0.238 e. The van der Waals surface area contributed by atoms with Crippen LogP contribution in [0.25, 0.3) is 16.3 Å². The van der Waals surface area contributed by atoms with Crippen LogP contribution in [0.15, 0.2) is 49.1 Å². The number of nitrogens with zero attached hydrogens (tertiary/aromatic N) is 3. The minimum absolute atomic E-state index is 0.104. The number of thiazole rings is 1. The first-order chi connectivity index (χ1) is 18.3. The Bertz CT molecular complexity index is 1300. The number of aliphatic hydroxyl groups is 1. The van der Waals surface area contributed by atoms with Crippen molar-refractivity contribution in [3.63, 3.8) is 0 Å². The first-order valence-corrected chi connectivity index (χ1v) is 13.6. The Balaban J connectivity index is 1.19. The molecule has 0 bridgehead atoms. The molecule has 2 N–H and O–H groups in total. The second-order valence-electron chi connectivity index (χ2n) is 9.17. The lowest BCUT2D eigenvalue weighted by molar-refractivity contribution is -0.117. The zero-order valence-electron chi connectivity index (χ0n) is 21.7. The van der Waals surface area contributed by atoms with E-state index in [1.54, 1.807) is 30.6 Å². The number of aromatic nitrogens is 1. The minimum Gasteiger partial charge on any atom is -0.495 e. The second kappa shape index (κ2) is 13.2. The van der Waals surface area contributed by atoms with E-state index in [0.717, 1.165) is 47.0 Å².